The minimum absolute atomic E-state index is 0.380. The van der Waals surface area contributed by atoms with E-state index in [1.807, 2.05) is 30.3 Å². The van der Waals surface area contributed by atoms with Gasteiger partial charge in [-0.3, -0.25) is 4.18 Å². The monoisotopic (exact) mass is 447 g/mol. The molecule has 168 valence electrons. The number of hydrogen-bond acceptors (Lipinski definition) is 8. The third-order valence-corrected chi connectivity index (χ3v) is 5.25. The maximum Gasteiger partial charge on any atom is 0.262 e. The van der Waals surface area contributed by atoms with Crippen molar-refractivity contribution in [2.24, 2.45) is 10.2 Å². The van der Waals surface area contributed by atoms with Crippen LogP contribution < -0.4 is 10.3 Å². The third kappa shape index (κ3) is 8.56. The fourth-order valence-electron chi connectivity index (χ4n) is 2.81. The summed E-state index contributed by atoms with van der Waals surface area (Å²) in [6.45, 7) is 3.07. The maximum atomic E-state index is 9.22. The molecule has 1 heterocycles. The topological polar surface area (TPSA) is 111 Å². The summed E-state index contributed by atoms with van der Waals surface area (Å²) in [5.41, 5.74) is 3.31. The van der Waals surface area contributed by atoms with Crippen molar-refractivity contribution >= 4 is 21.8 Å². The van der Waals surface area contributed by atoms with Gasteiger partial charge >= 0.3 is 0 Å². The van der Waals surface area contributed by atoms with Gasteiger partial charge in [0, 0.05) is 25.4 Å². The quantitative estimate of drug-likeness (QED) is 0.382. The molecule has 1 aliphatic heterocycles. The number of rotatable bonds is 7. The Morgan fingerprint density at radius 3 is 2.26 bits per heavy atom. The van der Waals surface area contributed by atoms with E-state index >= 15 is 0 Å². The number of hydrogen-bond donors (Lipinski definition) is 2. The molecule has 0 saturated carbocycles. The van der Waals surface area contributed by atoms with Crippen LogP contribution in [0.1, 0.15) is 12.5 Å². The first-order valence-corrected chi connectivity index (χ1v) is 11.1. The van der Waals surface area contributed by atoms with Crippen LogP contribution in [0.2, 0.25) is 0 Å². The molecular weight excluding hydrogens is 418 g/mol. The molecule has 2 aromatic rings. The Balaban J connectivity index is 0.000000501. The third-order valence-electron chi connectivity index (χ3n) is 4.84. The second-order valence-corrected chi connectivity index (χ2v) is 8.12. The van der Waals surface area contributed by atoms with Gasteiger partial charge in [-0.05, 0) is 43.2 Å². The fourth-order valence-corrected chi connectivity index (χ4v) is 2.81. The average Bonchev–Trinajstić information content (AvgIpc) is 3.00. The van der Waals surface area contributed by atoms with E-state index in [9.17, 15) is 13.0 Å². The summed E-state index contributed by atoms with van der Waals surface area (Å²) in [6, 6.07) is 19.0. The number of quaternary nitrogens is 1. The van der Waals surface area contributed by atoms with E-state index in [0.717, 1.165) is 42.3 Å². The van der Waals surface area contributed by atoms with Gasteiger partial charge in [-0.2, -0.15) is 0 Å². The second kappa shape index (κ2) is 11.7. The van der Waals surface area contributed by atoms with E-state index in [-0.39, 0.29) is 0 Å². The highest BCUT2D eigenvalue weighted by Crippen LogP contribution is 2.18. The molecule has 1 aliphatic rings. The van der Waals surface area contributed by atoms with Crippen LogP contribution >= 0.6 is 0 Å². The fraction of sp³-hybridized carbons (Fsp3) is 0.333. The summed E-state index contributed by atoms with van der Waals surface area (Å²) in [5, 5.41) is 15.6. The van der Waals surface area contributed by atoms with E-state index in [2.05, 4.69) is 76.1 Å². The Labute approximate surface area is 184 Å². The molecule has 2 atom stereocenters. The highest BCUT2D eigenvalue weighted by molar-refractivity contribution is 7.80. The number of likely N-dealkylation sites (N-methyl/N-ethyl adjacent to an activating group) is 1. The van der Waals surface area contributed by atoms with E-state index in [1.165, 1.54) is 5.56 Å². The molecule has 0 aromatic heterocycles. The largest absolute Gasteiger partial charge is 0.726 e. The molecule has 0 fully saturated rings. The Kier molecular flexibility index (Phi) is 9.28. The minimum Gasteiger partial charge on any atom is -0.726 e. The predicted octanol–water partition coefficient (Wildman–Crippen LogP) is 2.12. The second-order valence-electron chi connectivity index (χ2n) is 6.97. The Morgan fingerprint density at radius 2 is 1.74 bits per heavy atom. The van der Waals surface area contributed by atoms with Crippen molar-refractivity contribution in [1.29, 1.82) is 0 Å². The standard InChI is InChI=1S/C20H25N5.CH4O4S/c1-16-15-20(25(3)24(16)2)23-22-19-11-9-18(10-12-19)21-14-13-17-7-5-4-6-8-17;1-5-6(2,3)4/h4-12,15-16,21H,13-14H2,1-3H3;1H3,(H,2,3,4). The normalized spacial score (nSPS) is 19.1. The molecule has 2 unspecified atom stereocenters. The first-order chi connectivity index (χ1) is 14.7. The van der Waals surface area contributed by atoms with Crippen LogP contribution in [0, 0.1) is 0 Å². The molecular formula is C21H29N5O4S. The van der Waals surface area contributed by atoms with Gasteiger partial charge in [0.05, 0.1) is 25.9 Å². The summed E-state index contributed by atoms with van der Waals surface area (Å²) in [5.74, 6) is 0.958. The van der Waals surface area contributed by atoms with Gasteiger partial charge in [-0.1, -0.05) is 35.4 Å². The summed E-state index contributed by atoms with van der Waals surface area (Å²) < 4.78 is 31.0. The van der Waals surface area contributed by atoms with Gasteiger partial charge in [-0.25, -0.2) is 13.4 Å². The molecule has 0 bridgehead atoms. The Hall–Kier alpha value is -2.63. The molecule has 3 rings (SSSR count). The molecule has 0 saturated heterocycles. The lowest BCUT2D eigenvalue weighted by atomic mass is 10.1. The van der Waals surface area contributed by atoms with Crippen molar-refractivity contribution in [3.63, 3.8) is 0 Å². The molecule has 0 spiro atoms. The van der Waals surface area contributed by atoms with Gasteiger partial charge < -0.3 is 9.87 Å². The number of nitrogens with one attached hydrogen (secondary N) is 2. The molecule has 0 radical (unpaired) electrons. The van der Waals surface area contributed by atoms with Crippen LogP contribution in [0.15, 0.2) is 76.7 Å². The molecule has 2 aromatic carbocycles. The average molecular weight is 448 g/mol. The molecule has 0 amide bonds. The van der Waals surface area contributed by atoms with Crippen LogP contribution in [-0.4, -0.2) is 51.8 Å². The molecule has 10 heteroatoms. The zero-order valence-corrected chi connectivity index (χ0v) is 19.0. The van der Waals surface area contributed by atoms with E-state index in [4.69, 9.17) is 0 Å². The highest BCUT2D eigenvalue weighted by Gasteiger charge is 2.28. The minimum atomic E-state index is -4.41. The van der Waals surface area contributed by atoms with Gasteiger partial charge in [0.1, 0.15) is 0 Å². The number of benzene rings is 2. The first-order valence-electron chi connectivity index (χ1n) is 9.79. The van der Waals surface area contributed by atoms with Crippen LogP contribution in [-0.2, 0) is 21.0 Å². The molecule has 31 heavy (non-hydrogen) atoms. The number of azo groups is 1. The smallest absolute Gasteiger partial charge is 0.262 e. The van der Waals surface area contributed by atoms with E-state index in [0.29, 0.717) is 6.04 Å². The van der Waals surface area contributed by atoms with Crippen molar-refractivity contribution in [2.75, 3.05) is 33.1 Å². The van der Waals surface area contributed by atoms with E-state index < -0.39 is 10.4 Å². The van der Waals surface area contributed by atoms with Crippen LogP contribution in [0.5, 0.6) is 0 Å². The van der Waals surface area contributed by atoms with Crippen molar-refractivity contribution < 1.29 is 22.2 Å². The van der Waals surface area contributed by atoms with Crippen LogP contribution in [0.3, 0.4) is 0 Å². The van der Waals surface area contributed by atoms with Crippen LogP contribution in [0.4, 0.5) is 11.4 Å². The SMILES string of the molecule is CC1C=C(N=Nc2ccc(NCCc3ccccc3)cc2)[NH+](C)N1C.COS(=O)(=O)[O-]. The summed E-state index contributed by atoms with van der Waals surface area (Å²) in [4.78, 5) is 0. The predicted molar refractivity (Wildman–Crippen MR) is 118 cm³/mol. The maximum absolute atomic E-state index is 9.22. The van der Waals surface area contributed by atoms with Crippen molar-refractivity contribution in [3.05, 3.63) is 72.1 Å². The van der Waals surface area contributed by atoms with Crippen molar-refractivity contribution in [1.82, 2.24) is 5.01 Å². The van der Waals surface area contributed by atoms with Crippen molar-refractivity contribution in [3.8, 4) is 0 Å². The van der Waals surface area contributed by atoms with Gasteiger partial charge in [0.2, 0.25) is 10.4 Å². The lowest BCUT2D eigenvalue weighted by molar-refractivity contribution is -0.957. The number of nitrogens with zero attached hydrogens (tertiary/aromatic N) is 3. The van der Waals surface area contributed by atoms with Crippen LogP contribution in [0.25, 0.3) is 0 Å². The Bertz CT molecular complexity index is 979. The highest BCUT2D eigenvalue weighted by atomic mass is 32.3. The molecule has 2 N–H and O–H groups in total. The van der Waals surface area contributed by atoms with Gasteiger partial charge in [0.25, 0.3) is 5.82 Å². The summed E-state index contributed by atoms with van der Waals surface area (Å²) in [7, 11) is 0.552. The van der Waals surface area contributed by atoms with Gasteiger partial charge in [-0.15, -0.1) is 10.1 Å². The van der Waals surface area contributed by atoms with Crippen molar-refractivity contribution in [2.45, 2.75) is 19.4 Å². The molecule has 0 aliphatic carbocycles. The van der Waals surface area contributed by atoms with Gasteiger partial charge in [0.15, 0.2) is 0 Å². The van der Waals surface area contributed by atoms with E-state index in [1.54, 1.807) is 0 Å². The lowest BCUT2D eigenvalue weighted by Crippen LogP contribution is -3.12. The summed E-state index contributed by atoms with van der Waals surface area (Å²) in [6.07, 6.45) is 3.15. The lowest BCUT2D eigenvalue weighted by Gasteiger charge is -2.18. The zero-order chi connectivity index (χ0) is 22.9. The first kappa shape index (κ1) is 24.6. The Morgan fingerprint density at radius 1 is 1.13 bits per heavy atom. The zero-order valence-electron chi connectivity index (χ0n) is 18.1. The summed E-state index contributed by atoms with van der Waals surface area (Å²) >= 11 is 0. The molecule has 9 nitrogen and oxygen atoms in total. The number of anilines is 1.